The van der Waals surface area contributed by atoms with Gasteiger partial charge in [0.1, 0.15) is 0 Å². The average molecular weight is 254 g/mol. The molecule has 0 spiro atoms. The number of hydrogen-bond acceptors (Lipinski definition) is 5. The number of nitrogens with zero attached hydrogens (tertiary/aromatic N) is 1. The third kappa shape index (κ3) is 3.62. The van der Waals surface area contributed by atoms with Crippen LogP contribution in [0.2, 0.25) is 0 Å². The van der Waals surface area contributed by atoms with E-state index < -0.39 is 11.0 Å². The molecule has 7 nitrogen and oxygen atoms in total. The number of rotatable bonds is 4. The summed E-state index contributed by atoms with van der Waals surface area (Å²) in [4.78, 5) is 21.5. The topological polar surface area (TPSA) is 90.7 Å². The zero-order chi connectivity index (χ0) is 13.7. The summed E-state index contributed by atoms with van der Waals surface area (Å²) >= 11 is 0. The molecule has 7 heteroatoms. The third-order valence-corrected chi connectivity index (χ3v) is 1.96. The summed E-state index contributed by atoms with van der Waals surface area (Å²) in [7, 11) is 1.34. The Morgan fingerprint density at radius 1 is 1.44 bits per heavy atom. The molecule has 0 radical (unpaired) electrons. The van der Waals surface area contributed by atoms with Gasteiger partial charge in [-0.15, -0.1) is 0 Å². The van der Waals surface area contributed by atoms with Gasteiger partial charge in [0.15, 0.2) is 5.75 Å². The summed E-state index contributed by atoms with van der Waals surface area (Å²) < 4.78 is 9.71. The predicted octanol–water partition coefficient (Wildman–Crippen LogP) is 2.56. The lowest BCUT2D eigenvalue weighted by Crippen LogP contribution is -2.18. The lowest BCUT2D eigenvalue weighted by atomic mass is 10.2. The van der Waals surface area contributed by atoms with E-state index in [1.807, 2.05) is 0 Å². The number of anilines is 1. The smallest absolute Gasteiger partial charge is 0.411 e. The molecule has 0 atom stereocenters. The highest BCUT2D eigenvalue weighted by Gasteiger charge is 2.16. The van der Waals surface area contributed by atoms with Crippen molar-refractivity contribution in [3.8, 4) is 5.75 Å². The Bertz CT molecular complexity index is 459. The summed E-state index contributed by atoms with van der Waals surface area (Å²) in [5.41, 5.74) is 0.0491. The van der Waals surface area contributed by atoms with E-state index in [4.69, 9.17) is 9.47 Å². The second-order valence-corrected chi connectivity index (χ2v) is 3.72. The van der Waals surface area contributed by atoms with Gasteiger partial charge < -0.3 is 9.47 Å². The maximum absolute atomic E-state index is 11.3. The van der Waals surface area contributed by atoms with Gasteiger partial charge in [-0.1, -0.05) is 0 Å². The van der Waals surface area contributed by atoms with E-state index in [0.717, 1.165) is 0 Å². The Balaban J connectivity index is 2.88. The third-order valence-electron chi connectivity index (χ3n) is 1.96. The minimum atomic E-state index is -0.663. The molecule has 1 aromatic rings. The van der Waals surface area contributed by atoms with E-state index in [1.165, 1.54) is 25.3 Å². The van der Waals surface area contributed by atoms with Crippen molar-refractivity contribution in [2.45, 2.75) is 20.0 Å². The molecule has 1 N–H and O–H groups in total. The van der Waals surface area contributed by atoms with Crippen molar-refractivity contribution in [1.29, 1.82) is 0 Å². The summed E-state index contributed by atoms with van der Waals surface area (Å²) in [6.45, 7) is 3.41. The van der Waals surface area contributed by atoms with Crippen LogP contribution in [0.15, 0.2) is 18.2 Å². The molecular formula is C11H14N2O5. The molecule has 0 heterocycles. The summed E-state index contributed by atoms with van der Waals surface area (Å²) in [6.07, 6.45) is -0.928. The number of carbonyl (C=O) groups excluding carboxylic acids is 1. The van der Waals surface area contributed by atoms with Gasteiger partial charge in [-0.25, -0.2) is 4.79 Å². The first-order valence-corrected chi connectivity index (χ1v) is 5.24. The van der Waals surface area contributed by atoms with Crippen molar-refractivity contribution >= 4 is 17.5 Å². The van der Waals surface area contributed by atoms with Gasteiger partial charge in [0.2, 0.25) is 0 Å². The molecule has 98 valence electrons. The van der Waals surface area contributed by atoms with E-state index >= 15 is 0 Å². The Morgan fingerprint density at radius 2 is 2.11 bits per heavy atom. The number of hydrogen-bond donors (Lipinski definition) is 1. The number of benzene rings is 1. The van der Waals surface area contributed by atoms with Gasteiger partial charge in [0.05, 0.1) is 23.8 Å². The van der Waals surface area contributed by atoms with E-state index in [-0.39, 0.29) is 23.2 Å². The van der Waals surface area contributed by atoms with Crippen molar-refractivity contribution in [3.05, 3.63) is 28.3 Å². The van der Waals surface area contributed by atoms with Crippen molar-refractivity contribution in [3.63, 3.8) is 0 Å². The molecule has 0 fully saturated rings. The van der Waals surface area contributed by atoms with Crippen LogP contribution in [0.5, 0.6) is 5.75 Å². The molecule has 18 heavy (non-hydrogen) atoms. The molecule has 1 aromatic carbocycles. The van der Waals surface area contributed by atoms with Crippen molar-refractivity contribution < 1.29 is 19.2 Å². The lowest BCUT2D eigenvalue weighted by Gasteiger charge is -2.10. The van der Waals surface area contributed by atoms with E-state index in [0.29, 0.717) is 0 Å². The van der Waals surface area contributed by atoms with Crippen LogP contribution in [0.4, 0.5) is 16.2 Å². The number of nitrogens with one attached hydrogen (secondary N) is 1. The average Bonchev–Trinajstić information content (AvgIpc) is 2.27. The molecule has 0 saturated carbocycles. The Hall–Kier alpha value is -2.31. The lowest BCUT2D eigenvalue weighted by molar-refractivity contribution is -0.385. The van der Waals surface area contributed by atoms with Crippen molar-refractivity contribution in [2.75, 3.05) is 12.4 Å². The SMILES string of the molecule is COc1ccc(NC(=O)OC(C)C)cc1[N+](=O)[O-]. The van der Waals surface area contributed by atoms with Gasteiger partial charge in [-0.3, -0.25) is 15.4 Å². The highest BCUT2D eigenvalue weighted by molar-refractivity contribution is 5.85. The Morgan fingerprint density at radius 3 is 2.61 bits per heavy atom. The number of amides is 1. The van der Waals surface area contributed by atoms with Gasteiger partial charge in [0.25, 0.3) is 0 Å². The van der Waals surface area contributed by atoms with Gasteiger partial charge in [-0.05, 0) is 26.0 Å². The number of nitro benzene ring substituents is 1. The molecular weight excluding hydrogens is 240 g/mol. The Labute approximate surface area is 104 Å². The van der Waals surface area contributed by atoms with E-state index in [9.17, 15) is 14.9 Å². The molecule has 0 aliphatic carbocycles. The highest BCUT2D eigenvalue weighted by atomic mass is 16.6. The van der Waals surface area contributed by atoms with E-state index in [1.54, 1.807) is 13.8 Å². The maximum Gasteiger partial charge on any atom is 0.411 e. The van der Waals surface area contributed by atoms with Crippen LogP contribution in [0.25, 0.3) is 0 Å². The summed E-state index contributed by atoms with van der Waals surface area (Å²) in [5, 5.41) is 13.2. The quantitative estimate of drug-likeness (QED) is 0.658. The van der Waals surface area contributed by atoms with Gasteiger partial charge in [0, 0.05) is 6.07 Å². The monoisotopic (exact) mass is 254 g/mol. The van der Waals surface area contributed by atoms with Crippen LogP contribution in [-0.2, 0) is 4.74 Å². The Kier molecular flexibility index (Phi) is 4.47. The highest BCUT2D eigenvalue weighted by Crippen LogP contribution is 2.29. The maximum atomic E-state index is 11.3. The molecule has 0 unspecified atom stereocenters. The fraction of sp³-hybridized carbons (Fsp3) is 0.364. The molecule has 0 bridgehead atoms. The molecule has 1 rings (SSSR count). The second kappa shape index (κ2) is 5.85. The zero-order valence-corrected chi connectivity index (χ0v) is 10.3. The first-order valence-electron chi connectivity index (χ1n) is 5.24. The summed E-state index contributed by atoms with van der Waals surface area (Å²) in [6, 6.07) is 4.11. The van der Waals surface area contributed by atoms with Crippen molar-refractivity contribution in [2.24, 2.45) is 0 Å². The number of methoxy groups -OCH3 is 1. The van der Waals surface area contributed by atoms with E-state index in [2.05, 4.69) is 5.32 Å². The summed E-state index contributed by atoms with van der Waals surface area (Å²) in [5.74, 6) is 0.128. The second-order valence-electron chi connectivity index (χ2n) is 3.72. The van der Waals surface area contributed by atoms with Gasteiger partial charge in [-0.2, -0.15) is 0 Å². The number of ether oxygens (including phenoxy) is 2. The predicted molar refractivity (Wildman–Crippen MR) is 64.9 cm³/mol. The largest absolute Gasteiger partial charge is 0.490 e. The number of carbonyl (C=O) groups is 1. The fourth-order valence-electron chi connectivity index (χ4n) is 1.27. The van der Waals surface area contributed by atoms with Crippen LogP contribution in [0, 0.1) is 10.1 Å². The van der Waals surface area contributed by atoms with Crippen LogP contribution in [-0.4, -0.2) is 24.2 Å². The van der Waals surface area contributed by atoms with Crippen LogP contribution < -0.4 is 10.1 Å². The minimum absolute atomic E-state index is 0.128. The van der Waals surface area contributed by atoms with Gasteiger partial charge >= 0.3 is 11.8 Å². The molecule has 0 aromatic heterocycles. The molecule has 0 aliphatic rings. The van der Waals surface area contributed by atoms with Crippen LogP contribution in [0.1, 0.15) is 13.8 Å². The van der Waals surface area contributed by atoms with Crippen LogP contribution in [0.3, 0.4) is 0 Å². The first kappa shape index (κ1) is 13.8. The minimum Gasteiger partial charge on any atom is -0.490 e. The standard InChI is InChI=1S/C11H14N2O5/c1-7(2)18-11(14)12-8-4-5-10(17-3)9(6-8)13(15)16/h4-7H,1-3H3,(H,12,14). The zero-order valence-electron chi connectivity index (χ0n) is 10.3. The molecule has 0 saturated heterocycles. The van der Waals surface area contributed by atoms with Crippen molar-refractivity contribution in [1.82, 2.24) is 0 Å². The number of nitro groups is 1. The first-order chi connectivity index (χ1) is 8.43. The molecule has 0 aliphatic heterocycles. The van der Waals surface area contributed by atoms with Crippen LogP contribution >= 0.6 is 0 Å². The fourth-order valence-corrected chi connectivity index (χ4v) is 1.27. The molecule has 1 amide bonds. The normalized spacial score (nSPS) is 10.0.